The average Bonchev–Trinajstić information content (AvgIpc) is 3.64. The number of esters is 1. The first-order chi connectivity index (χ1) is 16.2. The van der Waals surface area contributed by atoms with Crippen LogP contribution in [0.1, 0.15) is 65.2 Å². The molecule has 1 heterocycles. The Balaban J connectivity index is 2.00. The van der Waals surface area contributed by atoms with Crippen molar-refractivity contribution >= 4 is 29.7 Å². The molecular formula is C23H40N6O5. The molecule has 0 bridgehead atoms. The molecule has 2 fully saturated rings. The fourth-order valence-electron chi connectivity index (χ4n) is 4.09. The number of piperidine rings is 1. The first-order valence-corrected chi connectivity index (χ1v) is 12.4. The van der Waals surface area contributed by atoms with Gasteiger partial charge < -0.3 is 30.9 Å². The van der Waals surface area contributed by atoms with Crippen molar-refractivity contribution in [2.45, 2.75) is 77.3 Å². The summed E-state index contributed by atoms with van der Waals surface area (Å²) in [7, 11) is 0. The van der Waals surface area contributed by atoms with E-state index in [1.165, 1.54) is 4.90 Å². The minimum atomic E-state index is -1.04. The van der Waals surface area contributed by atoms with Gasteiger partial charge in [0, 0.05) is 32.1 Å². The number of ether oxygens (including phenoxy) is 1. The lowest BCUT2D eigenvalue weighted by atomic mass is 9.98. The highest BCUT2D eigenvalue weighted by Gasteiger charge is 2.38. The number of nitrogens with two attached hydrogens (primary N) is 1. The Bertz CT molecular complexity index is 741. The van der Waals surface area contributed by atoms with Crippen LogP contribution in [0.3, 0.4) is 0 Å². The van der Waals surface area contributed by atoms with Gasteiger partial charge in [-0.3, -0.25) is 24.6 Å². The molecular weight excluding hydrogens is 440 g/mol. The normalized spacial score (nSPS) is 18.5. The van der Waals surface area contributed by atoms with E-state index in [1.807, 2.05) is 6.92 Å². The molecule has 0 aromatic heterocycles. The Morgan fingerprint density at radius 1 is 1.18 bits per heavy atom. The summed E-state index contributed by atoms with van der Waals surface area (Å²) in [6, 6.07) is -1.12. The molecule has 0 aromatic rings. The fourth-order valence-corrected chi connectivity index (χ4v) is 4.09. The van der Waals surface area contributed by atoms with Gasteiger partial charge in [0.2, 0.25) is 17.7 Å². The quantitative estimate of drug-likeness (QED) is 0.168. The summed E-state index contributed by atoms with van der Waals surface area (Å²) in [5, 5.41) is 13.2. The molecule has 11 heteroatoms. The first-order valence-electron chi connectivity index (χ1n) is 12.4. The van der Waals surface area contributed by atoms with Crippen molar-refractivity contribution in [2.24, 2.45) is 11.7 Å². The highest BCUT2D eigenvalue weighted by molar-refractivity contribution is 5.93. The predicted octanol–water partition coefficient (Wildman–Crippen LogP) is 0.327. The lowest BCUT2D eigenvalue weighted by Gasteiger charge is -2.33. The zero-order valence-electron chi connectivity index (χ0n) is 20.4. The van der Waals surface area contributed by atoms with Crippen LogP contribution in [0.5, 0.6) is 0 Å². The molecule has 0 spiro atoms. The number of carbonyl (C=O) groups excluding carboxylic acids is 4. The van der Waals surface area contributed by atoms with Gasteiger partial charge >= 0.3 is 5.97 Å². The maximum Gasteiger partial charge on any atom is 0.325 e. The predicted molar refractivity (Wildman–Crippen MR) is 127 cm³/mol. The average molecular weight is 481 g/mol. The molecule has 5 N–H and O–H groups in total. The van der Waals surface area contributed by atoms with E-state index >= 15 is 0 Å². The monoisotopic (exact) mass is 480 g/mol. The highest BCUT2D eigenvalue weighted by atomic mass is 16.5. The van der Waals surface area contributed by atoms with Crippen LogP contribution < -0.4 is 16.4 Å². The number of carbonyl (C=O) groups is 4. The second kappa shape index (κ2) is 13.8. The van der Waals surface area contributed by atoms with Gasteiger partial charge in [0.15, 0.2) is 5.96 Å². The molecule has 2 aliphatic rings. The van der Waals surface area contributed by atoms with Crippen molar-refractivity contribution < 1.29 is 23.9 Å². The van der Waals surface area contributed by atoms with Gasteiger partial charge in [0.05, 0.1) is 13.0 Å². The lowest BCUT2D eigenvalue weighted by Crippen LogP contribution is -2.53. The third-order valence-electron chi connectivity index (χ3n) is 6.10. The van der Waals surface area contributed by atoms with Gasteiger partial charge in [-0.15, -0.1) is 0 Å². The molecule has 0 aromatic carbocycles. The number of amides is 3. The van der Waals surface area contributed by atoms with Gasteiger partial charge in [-0.2, -0.15) is 0 Å². The second-order valence-corrected chi connectivity index (χ2v) is 9.07. The maximum atomic E-state index is 13.3. The first kappa shape index (κ1) is 27.4. The number of guanidine groups is 1. The Kier molecular flexibility index (Phi) is 11.1. The molecule has 0 unspecified atom stereocenters. The maximum absolute atomic E-state index is 13.3. The van der Waals surface area contributed by atoms with E-state index < -0.39 is 17.9 Å². The van der Waals surface area contributed by atoms with Crippen molar-refractivity contribution in [1.29, 1.82) is 5.41 Å². The van der Waals surface area contributed by atoms with Gasteiger partial charge in [-0.05, 0) is 44.9 Å². The van der Waals surface area contributed by atoms with E-state index in [9.17, 15) is 19.2 Å². The van der Waals surface area contributed by atoms with Crippen molar-refractivity contribution in [3.63, 3.8) is 0 Å². The lowest BCUT2D eigenvalue weighted by molar-refractivity contribution is -0.150. The van der Waals surface area contributed by atoms with Gasteiger partial charge in [0.1, 0.15) is 12.6 Å². The van der Waals surface area contributed by atoms with E-state index in [0.29, 0.717) is 19.5 Å². The second-order valence-electron chi connectivity index (χ2n) is 9.07. The van der Waals surface area contributed by atoms with Crippen molar-refractivity contribution in [3.8, 4) is 0 Å². The van der Waals surface area contributed by atoms with Crippen LogP contribution in [0.15, 0.2) is 0 Å². The molecule has 1 aliphatic carbocycles. The van der Waals surface area contributed by atoms with E-state index in [2.05, 4.69) is 10.6 Å². The molecule has 34 heavy (non-hydrogen) atoms. The number of hydrogen-bond acceptors (Lipinski definition) is 6. The van der Waals surface area contributed by atoms with Gasteiger partial charge in [-0.1, -0.05) is 13.3 Å². The highest BCUT2D eigenvalue weighted by Crippen LogP contribution is 2.27. The molecule has 1 saturated heterocycles. The summed E-state index contributed by atoms with van der Waals surface area (Å²) < 4.78 is 5.00. The SMILES string of the molecule is CCCCC(=O)N[C@@H](CC(=O)NC[C@@H]1CCCN(C(=N)N)C1)C(=O)N(CC(=O)OCC)C1CC1. The van der Waals surface area contributed by atoms with Crippen LogP contribution in [-0.2, 0) is 23.9 Å². The molecule has 0 radical (unpaired) electrons. The van der Waals surface area contributed by atoms with Crippen LogP contribution in [-0.4, -0.2) is 84.3 Å². The molecule has 192 valence electrons. The molecule has 2 rings (SSSR count). The molecule has 3 amide bonds. The Morgan fingerprint density at radius 2 is 1.91 bits per heavy atom. The van der Waals surface area contributed by atoms with E-state index in [1.54, 1.807) is 11.8 Å². The van der Waals surface area contributed by atoms with Crippen LogP contribution in [0.4, 0.5) is 0 Å². The van der Waals surface area contributed by atoms with E-state index in [0.717, 1.165) is 38.6 Å². The number of likely N-dealkylation sites (tertiary alicyclic amines) is 1. The largest absolute Gasteiger partial charge is 0.465 e. The molecule has 2 atom stereocenters. The van der Waals surface area contributed by atoms with Gasteiger partial charge in [-0.25, -0.2) is 0 Å². The van der Waals surface area contributed by atoms with Crippen LogP contribution in [0.25, 0.3) is 0 Å². The van der Waals surface area contributed by atoms with Crippen LogP contribution >= 0.6 is 0 Å². The zero-order valence-corrected chi connectivity index (χ0v) is 20.4. The summed E-state index contributed by atoms with van der Waals surface area (Å²) in [5.41, 5.74) is 5.58. The summed E-state index contributed by atoms with van der Waals surface area (Å²) in [4.78, 5) is 53.7. The Labute approximate surface area is 201 Å². The number of hydrogen-bond donors (Lipinski definition) is 4. The number of rotatable bonds is 13. The molecule has 1 saturated carbocycles. The van der Waals surface area contributed by atoms with E-state index in [-0.39, 0.29) is 55.7 Å². The molecule has 1 aliphatic heterocycles. The summed E-state index contributed by atoms with van der Waals surface area (Å²) >= 11 is 0. The molecule has 11 nitrogen and oxygen atoms in total. The van der Waals surface area contributed by atoms with Crippen molar-refractivity contribution in [2.75, 3.05) is 32.8 Å². The van der Waals surface area contributed by atoms with Crippen LogP contribution in [0.2, 0.25) is 0 Å². The summed E-state index contributed by atoms with van der Waals surface area (Å²) in [6.07, 6.45) is 4.95. The Hall–Kier alpha value is -2.85. The summed E-state index contributed by atoms with van der Waals surface area (Å²) in [5.74, 6) is -1.39. The minimum Gasteiger partial charge on any atom is -0.465 e. The van der Waals surface area contributed by atoms with Crippen LogP contribution in [0, 0.1) is 11.3 Å². The summed E-state index contributed by atoms with van der Waals surface area (Å²) in [6.45, 7) is 5.43. The van der Waals surface area contributed by atoms with E-state index in [4.69, 9.17) is 15.9 Å². The number of nitrogens with zero attached hydrogens (tertiary/aromatic N) is 2. The fraction of sp³-hybridized carbons (Fsp3) is 0.783. The van der Waals surface area contributed by atoms with Crippen molar-refractivity contribution in [3.05, 3.63) is 0 Å². The van der Waals surface area contributed by atoms with Crippen molar-refractivity contribution in [1.82, 2.24) is 20.4 Å². The van der Waals surface area contributed by atoms with Gasteiger partial charge in [0.25, 0.3) is 0 Å². The zero-order chi connectivity index (χ0) is 25.1. The Morgan fingerprint density at radius 3 is 2.53 bits per heavy atom. The minimum absolute atomic E-state index is 0.0262. The smallest absolute Gasteiger partial charge is 0.325 e. The third-order valence-corrected chi connectivity index (χ3v) is 6.10. The number of unbranched alkanes of at least 4 members (excludes halogenated alkanes) is 1. The standard InChI is InChI=1S/C23H40N6O5/c1-3-5-8-19(30)27-18(22(33)29(17-9-10-17)15-21(32)34-4-2)12-20(31)26-13-16-7-6-11-28(14-16)23(24)25/h16-18H,3-15H2,1-2H3,(H3,24,25)(H,26,31)(H,27,30)/t16-,18-/m0/s1. The topological polar surface area (TPSA) is 158 Å². The number of nitrogens with one attached hydrogen (secondary N) is 3. The third kappa shape index (κ3) is 9.18.